The lowest BCUT2D eigenvalue weighted by atomic mass is 10.1. The Morgan fingerprint density at radius 1 is 1.03 bits per heavy atom. The van der Waals surface area contributed by atoms with Crippen LogP contribution in [0.1, 0.15) is 5.56 Å². The Kier molecular flexibility index (Phi) is 7.22. The van der Waals surface area contributed by atoms with Crippen LogP contribution in [-0.2, 0) is 26.0 Å². The van der Waals surface area contributed by atoms with E-state index >= 15 is 0 Å². The molecule has 10 heteroatoms. The summed E-state index contributed by atoms with van der Waals surface area (Å²) in [5, 5.41) is 2.53. The molecule has 0 spiro atoms. The standard InChI is InChI=1S/C20H21BrFN3O4S/c21-16-4-2-6-18(13-16)30(28,29)25-9-7-24(8-10-25)20(27)14-23-19(26)12-15-3-1-5-17(22)11-15/h1-6,11,13H,7-10,12,14H2,(H,23,26). The van der Waals surface area contributed by atoms with Crippen LogP contribution in [0.3, 0.4) is 0 Å². The summed E-state index contributed by atoms with van der Waals surface area (Å²) in [6, 6.07) is 12.2. The van der Waals surface area contributed by atoms with E-state index in [4.69, 9.17) is 0 Å². The van der Waals surface area contributed by atoms with Gasteiger partial charge in [0.1, 0.15) is 5.82 Å². The molecule has 0 unspecified atom stereocenters. The van der Waals surface area contributed by atoms with Gasteiger partial charge in [-0.05, 0) is 35.9 Å². The van der Waals surface area contributed by atoms with Crippen LogP contribution in [-0.4, -0.2) is 62.2 Å². The monoisotopic (exact) mass is 497 g/mol. The molecule has 1 saturated heterocycles. The van der Waals surface area contributed by atoms with E-state index in [2.05, 4.69) is 21.2 Å². The third-order valence-corrected chi connectivity index (χ3v) is 7.10. The molecule has 1 heterocycles. The van der Waals surface area contributed by atoms with Crippen LogP contribution in [0.5, 0.6) is 0 Å². The van der Waals surface area contributed by atoms with Crippen molar-refractivity contribution in [3.63, 3.8) is 0 Å². The van der Waals surface area contributed by atoms with Crippen molar-refractivity contribution in [2.24, 2.45) is 0 Å². The van der Waals surface area contributed by atoms with Crippen molar-refractivity contribution in [1.82, 2.24) is 14.5 Å². The third-order valence-electron chi connectivity index (χ3n) is 4.72. The summed E-state index contributed by atoms with van der Waals surface area (Å²) in [4.78, 5) is 26.1. The lowest BCUT2D eigenvalue weighted by Crippen LogP contribution is -2.52. The van der Waals surface area contributed by atoms with Crippen LogP contribution >= 0.6 is 15.9 Å². The summed E-state index contributed by atoms with van der Waals surface area (Å²) in [7, 11) is -3.63. The highest BCUT2D eigenvalue weighted by Gasteiger charge is 2.30. The molecule has 2 aromatic carbocycles. The average molecular weight is 498 g/mol. The quantitative estimate of drug-likeness (QED) is 0.658. The zero-order chi connectivity index (χ0) is 21.7. The van der Waals surface area contributed by atoms with E-state index in [-0.39, 0.29) is 55.9 Å². The van der Waals surface area contributed by atoms with Gasteiger partial charge in [-0.1, -0.05) is 34.1 Å². The number of sulfonamides is 1. The van der Waals surface area contributed by atoms with Gasteiger partial charge in [0.25, 0.3) is 0 Å². The van der Waals surface area contributed by atoms with Gasteiger partial charge >= 0.3 is 0 Å². The number of hydrogen-bond acceptors (Lipinski definition) is 4. The van der Waals surface area contributed by atoms with Crippen molar-refractivity contribution >= 4 is 37.8 Å². The van der Waals surface area contributed by atoms with Crippen molar-refractivity contribution < 1.29 is 22.4 Å². The minimum absolute atomic E-state index is 0.0241. The number of carbonyl (C=O) groups is 2. The maximum atomic E-state index is 13.2. The fraction of sp³-hybridized carbons (Fsp3) is 0.300. The smallest absolute Gasteiger partial charge is 0.243 e. The zero-order valence-electron chi connectivity index (χ0n) is 16.1. The predicted octanol–water partition coefficient (Wildman–Crippen LogP) is 1.78. The van der Waals surface area contributed by atoms with Gasteiger partial charge in [-0.15, -0.1) is 0 Å². The van der Waals surface area contributed by atoms with Crippen molar-refractivity contribution in [2.75, 3.05) is 32.7 Å². The predicted molar refractivity (Wildman–Crippen MR) is 113 cm³/mol. The molecule has 2 aromatic rings. The van der Waals surface area contributed by atoms with Gasteiger partial charge in [0, 0.05) is 30.7 Å². The van der Waals surface area contributed by atoms with Gasteiger partial charge < -0.3 is 10.2 Å². The van der Waals surface area contributed by atoms with Crippen molar-refractivity contribution in [1.29, 1.82) is 0 Å². The Labute approximate surface area is 183 Å². The van der Waals surface area contributed by atoms with E-state index in [0.29, 0.717) is 10.0 Å². The maximum Gasteiger partial charge on any atom is 0.243 e. The lowest BCUT2D eigenvalue weighted by molar-refractivity contribution is -0.133. The van der Waals surface area contributed by atoms with Gasteiger partial charge in [0.05, 0.1) is 17.9 Å². The van der Waals surface area contributed by atoms with Crippen molar-refractivity contribution in [3.05, 3.63) is 64.4 Å². The molecule has 1 N–H and O–H groups in total. The molecule has 0 saturated carbocycles. The number of rotatable bonds is 6. The number of amides is 2. The second-order valence-corrected chi connectivity index (χ2v) is 9.68. The number of piperazine rings is 1. The number of nitrogens with one attached hydrogen (secondary N) is 1. The highest BCUT2D eigenvalue weighted by Crippen LogP contribution is 2.21. The van der Waals surface area contributed by atoms with Crippen LogP contribution in [0.4, 0.5) is 4.39 Å². The van der Waals surface area contributed by atoms with Gasteiger partial charge in [-0.2, -0.15) is 4.31 Å². The third kappa shape index (κ3) is 5.65. The Morgan fingerprint density at radius 3 is 2.40 bits per heavy atom. The topological polar surface area (TPSA) is 86.8 Å². The molecule has 160 valence electrons. The van der Waals surface area contributed by atoms with E-state index in [9.17, 15) is 22.4 Å². The molecule has 1 aliphatic rings. The first-order chi connectivity index (χ1) is 14.3. The van der Waals surface area contributed by atoms with E-state index in [1.165, 1.54) is 33.5 Å². The molecule has 3 rings (SSSR count). The Hall–Kier alpha value is -2.30. The SMILES string of the molecule is O=C(Cc1cccc(F)c1)NCC(=O)N1CCN(S(=O)(=O)c2cccc(Br)c2)CC1. The molecule has 0 aliphatic carbocycles. The van der Waals surface area contributed by atoms with Crippen molar-refractivity contribution in [2.45, 2.75) is 11.3 Å². The van der Waals surface area contributed by atoms with Crippen LogP contribution < -0.4 is 5.32 Å². The maximum absolute atomic E-state index is 13.2. The number of benzene rings is 2. The van der Waals surface area contributed by atoms with Crippen LogP contribution in [0.25, 0.3) is 0 Å². The minimum Gasteiger partial charge on any atom is -0.347 e. The molecule has 0 aromatic heterocycles. The summed E-state index contributed by atoms with van der Waals surface area (Å²) in [6.07, 6.45) is -0.0241. The zero-order valence-corrected chi connectivity index (χ0v) is 18.5. The average Bonchev–Trinajstić information content (AvgIpc) is 2.72. The van der Waals surface area contributed by atoms with Gasteiger partial charge in [0.2, 0.25) is 21.8 Å². The first-order valence-corrected chi connectivity index (χ1v) is 11.5. The minimum atomic E-state index is -3.63. The molecule has 1 aliphatic heterocycles. The largest absolute Gasteiger partial charge is 0.347 e. The van der Waals surface area contributed by atoms with Crippen LogP contribution in [0, 0.1) is 5.82 Å². The fourth-order valence-corrected chi connectivity index (χ4v) is 5.15. The van der Waals surface area contributed by atoms with E-state index < -0.39 is 15.8 Å². The fourth-order valence-electron chi connectivity index (χ4n) is 3.14. The summed E-state index contributed by atoms with van der Waals surface area (Å²) in [6.45, 7) is 0.653. The summed E-state index contributed by atoms with van der Waals surface area (Å²) < 4.78 is 40.7. The summed E-state index contributed by atoms with van der Waals surface area (Å²) in [5.41, 5.74) is 0.520. The van der Waals surface area contributed by atoms with Gasteiger partial charge in [-0.25, -0.2) is 12.8 Å². The lowest BCUT2D eigenvalue weighted by Gasteiger charge is -2.34. The van der Waals surface area contributed by atoms with Crippen molar-refractivity contribution in [3.8, 4) is 0 Å². The van der Waals surface area contributed by atoms with Crippen LogP contribution in [0.15, 0.2) is 57.9 Å². The van der Waals surface area contributed by atoms with E-state index in [1.807, 2.05) is 0 Å². The molecule has 2 amide bonds. The summed E-state index contributed by atoms with van der Waals surface area (Å²) in [5.74, 6) is -1.10. The molecule has 0 bridgehead atoms. The highest BCUT2D eigenvalue weighted by atomic mass is 79.9. The van der Waals surface area contributed by atoms with Gasteiger partial charge in [-0.3, -0.25) is 9.59 Å². The molecule has 0 atom stereocenters. The number of nitrogens with zero attached hydrogens (tertiary/aromatic N) is 2. The molecule has 7 nitrogen and oxygen atoms in total. The van der Waals surface area contributed by atoms with Crippen LogP contribution in [0.2, 0.25) is 0 Å². The second kappa shape index (κ2) is 9.67. The Balaban J connectivity index is 1.48. The normalized spacial score (nSPS) is 15.1. The first-order valence-electron chi connectivity index (χ1n) is 9.30. The summed E-state index contributed by atoms with van der Waals surface area (Å²) >= 11 is 3.27. The van der Waals surface area contributed by atoms with Gasteiger partial charge in [0.15, 0.2) is 0 Å². The molecule has 30 heavy (non-hydrogen) atoms. The Bertz CT molecular complexity index is 1040. The number of carbonyl (C=O) groups excluding carboxylic acids is 2. The van der Waals surface area contributed by atoms with E-state index in [0.717, 1.165) is 0 Å². The number of halogens is 2. The highest BCUT2D eigenvalue weighted by molar-refractivity contribution is 9.10. The Morgan fingerprint density at radius 2 is 1.73 bits per heavy atom. The first kappa shape index (κ1) is 22.4. The molecular formula is C20H21BrFN3O4S. The second-order valence-electron chi connectivity index (χ2n) is 6.83. The molecular weight excluding hydrogens is 477 g/mol. The number of hydrogen-bond donors (Lipinski definition) is 1. The molecule has 0 radical (unpaired) electrons. The molecule has 1 fully saturated rings. The van der Waals surface area contributed by atoms with E-state index in [1.54, 1.807) is 24.3 Å².